The van der Waals surface area contributed by atoms with Crippen molar-refractivity contribution in [2.24, 2.45) is 0 Å². The molecule has 2 aromatic rings. The molecule has 0 spiro atoms. The first-order chi connectivity index (χ1) is 12.3. The third-order valence-corrected chi connectivity index (χ3v) is 3.95. The van der Waals surface area contributed by atoms with E-state index in [-0.39, 0.29) is 12.6 Å². The quantitative estimate of drug-likeness (QED) is 0.464. The zero-order valence-corrected chi connectivity index (χ0v) is 14.9. The van der Waals surface area contributed by atoms with Gasteiger partial charge in [0.2, 0.25) is 0 Å². The number of rotatable bonds is 9. The van der Waals surface area contributed by atoms with E-state index in [4.69, 9.17) is 4.74 Å². The van der Waals surface area contributed by atoms with E-state index in [1.807, 2.05) is 60.7 Å². The summed E-state index contributed by atoms with van der Waals surface area (Å²) in [5.41, 5.74) is 2.02. The summed E-state index contributed by atoms with van der Waals surface area (Å²) in [6.45, 7) is 2.47. The molecule has 25 heavy (non-hydrogen) atoms. The second-order valence-corrected chi connectivity index (χ2v) is 6.02. The lowest BCUT2D eigenvalue weighted by Gasteiger charge is -2.16. The molecule has 0 fully saturated rings. The maximum atomic E-state index is 12.2. The number of carbonyl (C=O) groups excluding carboxylic acids is 1. The summed E-state index contributed by atoms with van der Waals surface area (Å²) in [7, 11) is 0. The van der Waals surface area contributed by atoms with Gasteiger partial charge in [-0.2, -0.15) is 0 Å². The van der Waals surface area contributed by atoms with Crippen molar-refractivity contribution >= 4 is 6.09 Å². The number of ether oxygens (including phenoxy) is 1. The molecule has 0 unspecified atom stereocenters. The molecule has 0 aliphatic heterocycles. The summed E-state index contributed by atoms with van der Waals surface area (Å²) in [6.07, 6.45) is 8.42. The molecular weight excluding hydrogens is 310 g/mol. The van der Waals surface area contributed by atoms with Crippen LogP contribution in [-0.2, 0) is 11.3 Å². The van der Waals surface area contributed by atoms with Crippen LogP contribution in [0.3, 0.4) is 0 Å². The Balaban J connectivity index is 1.91. The third kappa shape index (κ3) is 7.25. The molecule has 0 saturated heterocycles. The van der Waals surface area contributed by atoms with Crippen LogP contribution in [0.5, 0.6) is 0 Å². The second kappa shape index (κ2) is 11.1. The minimum Gasteiger partial charge on any atom is -0.445 e. The zero-order valence-electron chi connectivity index (χ0n) is 14.9. The van der Waals surface area contributed by atoms with E-state index in [0.717, 1.165) is 17.5 Å². The first-order valence-corrected chi connectivity index (χ1v) is 8.98. The molecule has 0 saturated carbocycles. The van der Waals surface area contributed by atoms with Gasteiger partial charge in [-0.1, -0.05) is 92.6 Å². The normalized spacial score (nSPS) is 12.0. The highest BCUT2D eigenvalue weighted by atomic mass is 16.5. The summed E-state index contributed by atoms with van der Waals surface area (Å²) < 4.78 is 5.34. The van der Waals surface area contributed by atoms with Gasteiger partial charge < -0.3 is 10.1 Å². The Bertz CT molecular complexity index is 638. The molecule has 0 heterocycles. The average Bonchev–Trinajstić information content (AvgIpc) is 2.67. The Morgan fingerprint density at radius 1 is 1.04 bits per heavy atom. The molecule has 2 rings (SSSR count). The predicted octanol–water partition coefficient (Wildman–Crippen LogP) is 5.79. The van der Waals surface area contributed by atoms with Crippen molar-refractivity contribution in [1.29, 1.82) is 0 Å². The van der Waals surface area contributed by atoms with Gasteiger partial charge in [-0.15, -0.1) is 0 Å². The molecule has 132 valence electrons. The number of hydrogen-bond donors (Lipinski definition) is 1. The third-order valence-electron chi connectivity index (χ3n) is 3.95. The summed E-state index contributed by atoms with van der Waals surface area (Å²) in [5, 5.41) is 2.95. The summed E-state index contributed by atoms with van der Waals surface area (Å²) in [4.78, 5) is 12.2. The molecule has 0 radical (unpaired) electrons. The van der Waals surface area contributed by atoms with Crippen molar-refractivity contribution in [3.63, 3.8) is 0 Å². The minimum atomic E-state index is -0.407. The van der Waals surface area contributed by atoms with Gasteiger partial charge in [0.25, 0.3) is 0 Å². The van der Waals surface area contributed by atoms with Crippen molar-refractivity contribution < 1.29 is 9.53 Å². The fourth-order valence-electron chi connectivity index (χ4n) is 2.54. The van der Waals surface area contributed by atoms with Crippen LogP contribution in [0.4, 0.5) is 4.79 Å². The van der Waals surface area contributed by atoms with Gasteiger partial charge >= 0.3 is 6.09 Å². The lowest BCUT2D eigenvalue weighted by Crippen LogP contribution is -2.28. The summed E-state index contributed by atoms with van der Waals surface area (Å²) in [6, 6.07) is 19.5. The summed E-state index contributed by atoms with van der Waals surface area (Å²) >= 11 is 0. The Labute approximate surface area is 150 Å². The highest BCUT2D eigenvalue weighted by molar-refractivity contribution is 5.68. The van der Waals surface area contributed by atoms with Gasteiger partial charge in [-0.25, -0.2) is 4.79 Å². The van der Waals surface area contributed by atoms with Crippen molar-refractivity contribution in [1.82, 2.24) is 5.32 Å². The zero-order chi connectivity index (χ0) is 17.7. The van der Waals surface area contributed by atoms with Crippen LogP contribution >= 0.6 is 0 Å². The number of alkyl carbamates (subject to hydrolysis) is 1. The second-order valence-electron chi connectivity index (χ2n) is 6.02. The summed E-state index contributed by atoms with van der Waals surface area (Å²) in [5.74, 6) is 0. The van der Waals surface area contributed by atoms with E-state index in [1.54, 1.807) is 0 Å². The van der Waals surface area contributed by atoms with Crippen LogP contribution in [0.15, 0.2) is 72.8 Å². The van der Waals surface area contributed by atoms with Crippen LogP contribution in [-0.4, -0.2) is 6.09 Å². The van der Waals surface area contributed by atoms with Crippen LogP contribution in [0.2, 0.25) is 0 Å². The average molecular weight is 337 g/mol. The van der Waals surface area contributed by atoms with Crippen LogP contribution in [0.1, 0.15) is 49.8 Å². The SMILES string of the molecule is CCCCC/C=C/[C@@H](NC(=O)OCc1ccccc1)c1ccccc1. The topological polar surface area (TPSA) is 38.3 Å². The number of allylic oxidation sites excluding steroid dienone is 1. The van der Waals surface area contributed by atoms with Crippen LogP contribution < -0.4 is 5.32 Å². The molecule has 2 aromatic carbocycles. The lowest BCUT2D eigenvalue weighted by atomic mass is 10.1. The van der Waals surface area contributed by atoms with E-state index in [0.29, 0.717) is 0 Å². The molecule has 0 aromatic heterocycles. The lowest BCUT2D eigenvalue weighted by molar-refractivity contribution is 0.137. The standard InChI is InChI=1S/C22H27NO2/c1-2-3-4-5-12-17-21(20-15-10-7-11-16-20)23-22(24)25-18-19-13-8-6-9-14-19/h6-17,21H,2-5,18H2,1H3,(H,23,24)/b17-12+/t21-/m1/s1. The van der Waals surface area contributed by atoms with Crippen LogP contribution in [0.25, 0.3) is 0 Å². The number of nitrogens with one attached hydrogen (secondary N) is 1. The highest BCUT2D eigenvalue weighted by Crippen LogP contribution is 2.15. The van der Waals surface area contributed by atoms with Gasteiger partial charge in [0.15, 0.2) is 0 Å². The van der Waals surface area contributed by atoms with Gasteiger partial charge in [0.1, 0.15) is 6.61 Å². The van der Waals surface area contributed by atoms with Crippen molar-refractivity contribution in [3.05, 3.63) is 83.9 Å². The van der Waals surface area contributed by atoms with E-state index in [9.17, 15) is 4.79 Å². The van der Waals surface area contributed by atoms with Crippen molar-refractivity contribution in [2.45, 2.75) is 45.3 Å². The van der Waals surface area contributed by atoms with Gasteiger partial charge in [-0.05, 0) is 24.0 Å². The fraction of sp³-hybridized carbons (Fsp3) is 0.318. The van der Waals surface area contributed by atoms with E-state index in [1.165, 1.54) is 19.3 Å². The maximum Gasteiger partial charge on any atom is 0.408 e. The molecule has 0 aliphatic carbocycles. The van der Waals surface area contributed by atoms with Gasteiger partial charge in [-0.3, -0.25) is 0 Å². The first-order valence-electron chi connectivity index (χ1n) is 8.98. The monoisotopic (exact) mass is 337 g/mol. The van der Waals surface area contributed by atoms with Gasteiger partial charge in [0.05, 0.1) is 6.04 Å². The number of amides is 1. The first kappa shape index (κ1) is 18.8. The maximum absolute atomic E-state index is 12.2. The van der Waals surface area contributed by atoms with Crippen molar-refractivity contribution in [2.75, 3.05) is 0 Å². The molecule has 0 aliphatic rings. The fourth-order valence-corrected chi connectivity index (χ4v) is 2.54. The number of carbonyl (C=O) groups is 1. The molecule has 0 bridgehead atoms. The Kier molecular flexibility index (Phi) is 8.33. The van der Waals surface area contributed by atoms with E-state index < -0.39 is 6.09 Å². The minimum absolute atomic E-state index is 0.175. The van der Waals surface area contributed by atoms with Gasteiger partial charge in [0, 0.05) is 0 Å². The molecule has 1 N–H and O–H groups in total. The van der Waals surface area contributed by atoms with E-state index >= 15 is 0 Å². The Hall–Kier alpha value is -2.55. The largest absolute Gasteiger partial charge is 0.445 e. The highest BCUT2D eigenvalue weighted by Gasteiger charge is 2.12. The molecule has 1 amide bonds. The van der Waals surface area contributed by atoms with Crippen LogP contribution in [0, 0.1) is 0 Å². The molecule has 1 atom stereocenters. The Morgan fingerprint density at radius 3 is 2.40 bits per heavy atom. The number of hydrogen-bond acceptors (Lipinski definition) is 2. The number of unbranched alkanes of at least 4 members (excludes halogenated alkanes) is 3. The smallest absolute Gasteiger partial charge is 0.408 e. The van der Waals surface area contributed by atoms with Crippen molar-refractivity contribution in [3.8, 4) is 0 Å². The predicted molar refractivity (Wildman–Crippen MR) is 102 cm³/mol. The number of benzene rings is 2. The molecule has 3 heteroatoms. The molecular formula is C22H27NO2. The molecule has 3 nitrogen and oxygen atoms in total. The Morgan fingerprint density at radius 2 is 1.72 bits per heavy atom. The van der Waals surface area contributed by atoms with E-state index in [2.05, 4.69) is 24.4 Å².